The number of rotatable bonds is 3. The molecule has 1 unspecified atom stereocenters. The molecule has 4 rings (SSSR count). The SMILES string of the molecule is NC(C(=O)N1CCN(c2ncnc3ccsc23)CC1)C1CCOCC1. The molecule has 1 amide bonds. The molecule has 0 spiro atoms. The smallest absolute Gasteiger partial charge is 0.239 e. The van der Waals surface area contributed by atoms with Crippen molar-refractivity contribution in [1.82, 2.24) is 14.9 Å². The Hall–Kier alpha value is -1.77. The maximum Gasteiger partial charge on any atom is 0.239 e. The molecule has 134 valence electrons. The Morgan fingerprint density at radius 3 is 2.76 bits per heavy atom. The number of ether oxygens (including phenoxy) is 1. The van der Waals surface area contributed by atoms with Crippen molar-refractivity contribution in [2.24, 2.45) is 11.7 Å². The highest BCUT2D eigenvalue weighted by atomic mass is 32.1. The van der Waals surface area contributed by atoms with Crippen LogP contribution in [0.5, 0.6) is 0 Å². The summed E-state index contributed by atoms with van der Waals surface area (Å²) in [6.07, 6.45) is 3.37. The van der Waals surface area contributed by atoms with Crippen LogP contribution >= 0.6 is 11.3 Å². The number of hydrogen-bond acceptors (Lipinski definition) is 7. The zero-order chi connectivity index (χ0) is 17.2. The van der Waals surface area contributed by atoms with Crippen molar-refractivity contribution < 1.29 is 9.53 Å². The van der Waals surface area contributed by atoms with E-state index in [9.17, 15) is 4.79 Å². The lowest BCUT2D eigenvalue weighted by Crippen LogP contribution is -2.55. The van der Waals surface area contributed by atoms with Crippen LogP contribution in [0.15, 0.2) is 17.8 Å². The number of aromatic nitrogens is 2. The van der Waals surface area contributed by atoms with Gasteiger partial charge in [-0.3, -0.25) is 4.79 Å². The Balaban J connectivity index is 1.39. The van der Waals surface area contributed by atoms with Gasteiger partial charge in [0.15, 0.2) is 0 Å². The van der Waals surface area contributed by atoms with Gasteiger partial charge in [0, 0.05) is 39.4 Å². The Bertz CT molecular complexity index is 737. The van der Waals surface area contributed by atoms with E-state index in [4.69, 9.17) is 10.5 Å². The number of amides is 1. The van der Waals surface area contributed by atoms with E-state index in [1.807, 2.05) is 16.3 Å². The summed E-state index contributed by atoms with van der Waals surface area (Å²) < 4.78 is 6.48. The van der Waals surface area contributed by atoms with Crippen LogP contribution in [-0.2, 0) is 9.53 Å². The molecule has 25 heavy (non-hydrogen) atoms. The molecule has 8 heteroatoms. The molecule has 0 aromatic carbocycles. The van der Waals surface area contributed by atoms with Crippen molar-refractivity contribution in [3.63, 3.8) is 0 Å². The van der Waals surface area contributed by atoms with Gasteiger partial charge in [-0.15, -0.1) is 11.3 Å². The summed E-state index contributed by atoms with van der Waals surface area (Å²) in [4.78, 5) is 25.6. The number of fused-ring (bicyclic) bond motifs is 1. The van der Waals surface area contributed by atoms with Crippen molar-refractivity contribution in [2.75, 3.05) is 44.3 Å². The van der Waals surface area contributed by atoms with Crippen LogP contribution in [0.2, 0.25) is 0 Å². The van der Waals surface area contributed by atoms with Crippen LogP contribution in [0, 0.1) is 5.92 Å². The van der Waals surface area contributed by atoms with Crippen LogP contribution < -0.4 is 10.6 Å². The molecule has 2 aromatic rings. The van der Waals surface area contributed by atoms with E-state index in [1.54, 1.807) is 17.7 Å². The van der Waals surface area contributed by atoms with E-state index in [2.05, 4.69) is 14.9 Å². The summed E-state index contributed by atoms with van der Waals surface area (Å²) >= 11 is 1.66. The van der Waals surface area contributed by atoms with Gasteiger partial charge < -0.3 is 20.3 Å². The Morgan fingerprint density at radius 2 is 2.00 bits per heavy atom. The highest BCUT2D eigenvalue weighted by Crippen LogP contribution is 2.28. The second kappa shape index (κ2) is 7.23. The van der Waals surface area contributed by atoms with Crippen molar-refractivity contribution in [3.05, 3.63) is 17.8 Å². The van der Waals surface area contributed by atoms with Crippen LogP contribution in [-0.4, -0.2) is 66.2 Å². The lowest BCUT2D eigenvalue weighted by atomic mass is 9.91. The first-order chi connectivity index (χ1) is 12.2. The maximum absolute atomic E-state index is 12.7. The molecule has 2 fully saturated rings. The molecule has 0 saturated carbocycles. The summed E-state index contributed by atoms with van der Waals surface area (Å²) in [7, 11) is 0. The first kappa shape index (κ1) is 16.7. The van der Waals surface area contributed by atoms with Crippen molar-refractivity contribution in [3.8, 4) is 0 Å². The minimum atomic E-state index is -0.404. The molecular formula is C17H23N5O2S. The van der Waals surface area contributed by atoms with E-state index in [1.165, 1.54) is 0 Å². The van der Waals surface area contributed by atoms with Gasteiger partial charge in [0.25, 0.3) is 0 Å². The molecule has 2 saturated heterocycles. The first-order valence-corrected chi connectivity index (χ1v) is 9.67. The van der Waals surface area contributed by atoms with Crippen LogP contribution in [0.3, 0.4) is 0 Å². The molecule has 2 aliphatic rings. The molecule has 2 aliphatic heterocycles. The second-order valence-electron chi connectivity index (χ2n) is 6.62. The minimum Gasteiger partial charge on any atom is -0.381 e. The number of thiophene rings is 1. The Labute approximate surface area is 150 Å². The zero-order valence-corrected chi connectivity index (χ0v) is 15.0. The molecule has 0 bridgehead atoms. The average molecular weight is 361 g/mol. The molecule has 2 aromatic heterocycles. The number of nitrogens with zero attached hydrogens (tertiary/aromatic N) is 4. The number of carbonyl (C=O) groups excluding carboxylic acids is 1. The molecule has 7 nitrogen and oxygen atoms in total. The van der Waals surface area contributed by atoms with Crippen molar-refractivity contribution in [1.29, 1.82) is 0 Å². The van der Waals surface area contributed by atoms with E-state index in [-0.39, 0.29) is 11.8 Å². The zero-order valence-electron chi connectivity index (χ0n) is 14.1. The van der Waals surface area contributed by atoms with Crippen molar-refractivity contribution >= 4 is 33.3 Å². The number of hydrogen-bond donors (Lipinski definition) is 1. The summed E-state index contributed by atoms with van der Waals surface area (Å²) in [6, 6.07) is 1.61. The minimum absolute atomic E-state index is 0.0792. The summed E-state index contributed by atoms with van der Waals surface area (Å²) in [5.41, 5.74) is 7.23. The fraction of sp³-hybridized carbons (Fsp3) is 0.588. The van der Waals surface area contributed by atoms with Gasteiger partial charge in [-0.25, -0.2) is 9.97 Å². The third kappa shape index (κ3) is 3.33. The summed E-state index contributed by atoms with van der Waals surface area (Å²) in [5.74, 6) is 1.29. The van der Waals surface area contributed by atoms with E-state index in [0.29, 0.717) is 26.3 Å². The van der Waals surface area contributed by atoms with Crippen LogP contribution in [0.1, 0.15) is 12.8 Å². The fourth-order valence-electron chi connectivity index (χ4n) is 3.63. The molecule has 0 aliphatic carbocycles. The van der Waals surface area contributed by atoms with Gasteiger partial charge in [0.1, 0.15) is 12.1 Å². The Morgan fingerprint density at radius 1 is 1.24 bits per heavy atom. The maximum atomic E-state index is 12.7. The number of piperazine rings is 1. The monoisotopic (exact) mass is 361 g/mol. The predicted molar refractivity (Wildman–Crippen MR) is 97.7 cm³/mol. The van der Waals surface area contributed by atoms with Crippen molar-refractivity contribution in [2.45, 2.75) is 18.9 Å². The van der Waals surface area contributed by atoms with Gasteiger partial charge >= 0.3 is 0 Å². The standard InChI is InChI=1S/C17H23N5O2S/c18-14(12-1-8-24-9-2-12)17(23)22-6-4-21(5-7-22)16-15-13(3-10-25-15)19-11-20-16/h3,10-12,14H,1-2,4-9,18H2. The van der Waals surface area contributed by atoms with E-state index < -0.39 is 6.04 Å². The summed E-state index contributed by atoms with van der Waals surface area (Å²) in [5, 5.41) is 2.04. The van der Waals surface area contributed by atoms with Gasteiger partial charge in [-0.1, -0.05) is 0 Å². The highest BCUT2D eigenvalue weighted by Gasteiger charge is 2.32. The summed E-state index contributed by atoms with van der Waals surface area (Å²) in [6.45, 7) is 4.35. The molecule has 0 radical (unpaired) electrons. The average Bonchev–Trinajstić information content (AvgIpc) is 3.16. The third-order valence-corrected chi connectivity index (χ3v) is 6.07. The second-order valence-corrected chi connectivity index (χ2v) is 7.54. The van der Waals surface area contributed by atoms with Gasteiger partial charge in [-0.05, 0) is 30.2 Å². The first-order valence-electron chi connectivity index (χ1n) is 8.79. The van der Waals surface area contributed by atoms with Gasteiger partial charge in [0.2, 0.25) is 5.91 Å². The normalized spacial score (nSPS) is 20.8. The lowest BCUT2D eigenvalue weighted by molar-refractivity contribution is -0.135. The predicted octanol–water partition coefficient (Wildman–Crippen LogP) is 1.09. The lowest BCUT2D eigenvalue weighted by Gasteiger charge is -2.38. The quantitative estimate of drug-likeness (QED) is 0.881. The number of carbonyl (C=O) groups is 1. The fourth-order valence-corrected chi connectivity index (χ4v) is 4.49. The molecule has 4 heterocycles. The largest absolute Gasteiger partial charge is 0.381 e. The van der Waals surface area contributed by atoms with Gasteiger partial charge in [-0.2, -0.15) is 0 Å². The number of nitrogens with two attached hydrogens (primary N) is 1. The third-order valence-electron chi connectivity index (χ3n) is 5.17. The van der Waals surface area contributed by atoms with E-state index >= 15 is 0 Å². The van der Waals surface area contributed by atoms with Crippen LogP contribution in [0.25, 0.3) is 10.2 Å². The molecular weight excluding hydrogens is 338 g/mol. The van der Waals surface area contributed by atoms with Gasteiger partial charge in [0.05, 0.1) is 16.3 Å². The van der Waals surface area contributed by atoms with E-state index in [0.717, 1.165) is 42.0 Å². The van der Waals surface area contributed by atoms with Crippen LogP contribution in [0.4, 0.5) is 5.82 Å². The molecule has 1 atom stereocenters. The number of anilines is 1. The topological polar surface area (TPSA) is 84.6 Å². The Kier molecular flexibility index (Phi) is 4.82. The highest BCUT2D eigenvalue weighted by molar-refractivity contribution is 7.17. The molecule has 2 N–H and O–H groups in total.